The van der Waals surface area contributed by atoms with Crippen molar-refractivity contribution in [2.24, 2.45) is 35.5 Å². The Hall–Kier alpha value is 0.960. The standard InChI is InChI=1S/C7H6Br2/c8-7(9)5-3-1-2(3)4(1)6(5)7/h1-6H/t1?,2?,3?,4?,5-,6+. The number of alkyl halides is 2. The molecule has 2 heteroatoms. The summed E-state index contributed by atoms with van der Waals surface area (Å²) < 4.78 is 0.429. The fourth-order valence-corrected chi connectivity index (χ4v) is 5.56. The van der Waals surface area contributed by atoms with Crippen LogP contribution in [0.1, 0.15) is 0 Å². The van der Waals surface area contributed by atoms with Crippen molar-refractivity contribution < 1.29 is 0 Å². The molecule has 0 aromatic rings. The van der Waals surface area contributed by atoms with E-state index in [-0.39, 0.29) is 0 Å². The van der Waals surface area contributed by atoms with E-state index in [0.29, 0.717) is 3.23 Å². The summed E-state index contributed by atoms with van der Waals surface area (Å²) in [6, 6.07) is 0. The molecule has 0 aliphatic heterocycles. The Balaban J connectivity index is 1.88. The van der Waals surface area contributed by atoms with E-state index in [4.69, 9.17) is 0 Å². The normalized spacial score (nSPS) is 83.3. The highest BCUT2D eigenvalue weighted by molar-refractivity contribution is 9.25. The molecule has 9 heavy (non-hydrogen) atoms. The van der Waals surface area contributed by atoms with Crippen LogP contribution in [0.15, 0.2) is 0 Å². The summed E-state index contributed by atoms with van der Waals surface area (Å²) in [5, 5.41) is 0. The summed E-state index contributed by atoms with van der Waals surface area (Å²) in [7, 11) is 0. The topological polar surface area (TPSA) is 0 Å². The van der Waals surface area contributed by atoms with E-state index in [1.54, 1.807) is 0 Å². The predicted molar refractivity (Wildman–Crippen MR) is 41.5 cm³/mol. The number of hydrogen-bond acceptors (Lipinski definition) is 0. The Morgan fingerprint density at radius 1 is 0.778 bits per heavy atom. The molecule has 5 aliphatic carbocycles. The van der Waals surface area contributed by atoms with Crippen molar-refractivity contribution in [1.82, 2.24) is 0 Å². The predicted octanol–water partition coefficient (Wildman–Crippen LogP) is 2.22. The Bertz CT molecular complexity index is 193. The lowest BCUT2D eigenvalue weighted by Gasteiger charge is -2.08. The third-order valence-corrected chi connectivity index (χ3v) is 6.05. The summed E-state index contributed by atoms with van der Waals surface area (Å²) >= 11 is 7.46. The molecule has 2 bridgehead atoms. The van der Waals surface area contributed by atoms with Gasteiger partial charge in [-0.1, -0.05) is 31.9 Å². The van der Waals surface area contributed by atoms with Gasteiger partial charge in [0, 0.05) is 0 Å². The molecule has 0 aromatic heterocycles. The van der Waals surface area contributed by atoms with Gasteiger partial charge < -0.3 is 0 Å². The zero-order valence-corrected chi connectivity index (χ0v) is 7.89. The van der Waals surface area contributed by atoms with Crippen LogP contribution in [0.4, 0.5) is 0 Å². The van der Waals surface area contributed by atoms with Gasteiger partial charge in [0.1, 0.15) is 0 Å². The number of halogens is 2. The fraction of sp³-hybridized carbons (Fsp3) is 1.00. The van der Waals surface area contributed by atoms with E-state index >= 15 is 0 Å². The van der Waals surface area contributed by atoms with Crippen LogP contribution in [0, 0.1) is 35.5 Å². The summed E-state index contributed by atoms with van der Waals surface area (Å²) in [4.78, 5) is 0. The third kappa shape index (κ3) is 0.286. The average molecular weight is 250 g/mol. The molecule has 5 fully saturated rings. The van der Waals surface area contributed by atoms with E-state index in [0.717, 1.165) is 11.8 Å². The highest BCUT2D eigenvalue weighted by atomic mass is 79.9. The first kappa shape index (κ1) is 4.76. The molecule has 0 radical (unpaired) electrons. The molecule has 0 spiro atoms. The Morgan fingerprint density at radius 2 is 1.22 bits per heavy atom. The molecular weight excluding hydrogens is 244 g/mol. The molecule has 4 atom stereocenters. The van der Waals surface area contributed by atoms with Gasteiger partial charge in [0.2, 0.25) is 0 Å². The van der Waals surface area contributed by atoms with Gasteiger partial charge in [-0.05, 0) is 35.5 Å². The number of rotatable bonds is 0. The number of hydrogen-bond donors (Lipinski definition) is 0. The van der Waals surface area contributed by atoms with Crippen LogP contribution in [0.5, 0.6) is 0 Å². The average Bonchev–Trinajstić information content (AvgIpc) is 2.60. The van der Waals surface area contributed by atoms with Crippen molar-refractivity contribution >= 4 is 31.9 Å². The van der Waals surface area contributed by atoms with Crippen LogP contribution in [-0.4, -0.2) is 3.23 Å². The second-order valence-electron chi connectivity index (χ2n) is 4.04. The molecule has 0 N–H and O–H groups in total. The van der Waals surface area contributed by atoms with Crippen molar-refractivity contribution in [1.29, 1.82) is 0 Å². The Kier molecular flexibility index (Phi) is 0.482. The zero-order chi connectivity index (χ0) is 5.96. The SMILES string of the molecule is BrC1(Br)[C@@H]2C3C4C3C4[C@@H]21. The van der Waals surface area contributed by atoms with Crippen molar-refractivity contribution in [2.45, 2.75) is 3.23 Å². The summed E-state index contributed by atoms with van der Waals surface area (Å²) in [6.07, 6.45) is 0. The molecule has 0 amide bonds. The van der Waals surface area contributed by atoms with Gasteiger partial charge in [-0.2, -0.15) is 0 Å². The largest absolute Gasteiger partial charge is 0.0874 e. The molecule has 5 aliphatic rings. The molecule has 2 unspecified atom stereocenters. The van der Waals surface area contributed by atoms with Gasteiger partial charge in [0.15, 0.2) is 0 Å². The van der Waals surface area contributed by atoms with Crippen molar-refractivity contribution in [3.63, 3.8) is 0 Å². The Labute approximate surface area is 70.6 Å². The van der Waals surface area contributed by atoms with Gasteiger partial charge in [0.25, 0.3) is 0 Å². The molecule has 0 heterocycles. The van der Waals surface area contributed by atoms with Gasteiger partial charge in [-0.25, -0.2) is 0 Å². The molecule has 48 valence electrons. The minimum atomic E-state index is 0.429. The molecule has 5 saturated carbocycles. The van der Waals surface area contributed by atoms with Crippen LogP contribution in [0.3, 0.4) is 0 Å². The first-order valence-electron chi connectivity index (χ1n) is 3.62. The monoisotopic (exact) mass is 248 g/mol. The minimum Gasteiger partial charge on any atom is -0.0721 e. The minimum absolute atomic E-state index is 0.429. The van der Waals surface area contributed by atoms with Crippen molar-refractivity contribution in [2.75, 3.05) is 0 Å². The smallest absolute Gasteiger partial charge is 0.0721 e. The van der Waals surface area contributed by atoms with E-state index in [1.807, 2.05) is 0 Å². The lowest BCUT2D eigenvalue weighted by Crippen LogP contribution is -2.06. The van der Waals surface area contributed by atoms with E-state index in [9.17, 15) is 0 Å². The van der Waals surface area contributed by atoms with Crippen LogP contribution < -0.4 is 0 Å². The van der Waals surface area contributed by atoms with Crippen molar-refractivity contribution in [3.05, 3.63) is 0 Å². The summed E-state index contributed by atoms with van der Waals surface area (Å²) in [5.41, 5.74) is 0. The van der Waals surface area contributed by atoms with Crippen LogP contribution in [-0.2, 0) is 0 Å². The van der Waals surface area contributed by atoms with Crippen LogP contribution in [0.25, 0.3) is 0 Å². The van der Waals surface area contributed by atoms with Gasteiger partial charge >= 0.3 is 0 Å². The first-order valence-corrected chi connectivity index (χ1v) is 5.21. The Morgan fingerprint density at radius 3 is 1.56 bits per heavy atom. The maximum atomic E-state index is 3.73. The quantitative estimate of drug-likeness (QED) is 0.578. The van der Waals surface area contributed by atoms with Crippen LogP contribution in [0.2, 0.25) is 0 Å². The highest BCUT2D eigenvalue weighted by Gasteiger charge is 2.95. The molecule has 0 nitrogen and oxygen atoms in total. The third-order valence-electron chi connectivity index (χ3n) is 3.94. The van der Waals surface area contributed by atoms with Crippen molar-refractivity contribution in [3.8, 4) is 0 Å². The first-order chi connectivity index (χ1) is 4.24. The second-order valence-corrected chi connectivity index (χ2v) is 7.72. The van der Waals surface area contributed by atoms with Gasteiger partial charge in [0.05, 0.1) is 3.23 Å². The molecular formula is C7H6Br2. The highest BCUT2D eigenvalue weighted by Crippen LogP contribution is 2.97. The van der Waals surface area contributed by atoms with E-state index in [1.165, 1.54) is 23.7 Å². The molecule has 5 rings (SSSR count). The van der Waals surface area contributed by atoms with E-state index < -0.39 is 0 Å². The van der Waals surface area contributed by atoms with Gasteiger partial charge in [-0.3, -0.25) is 0 Å². The fourth-order valence-electron chi connectivity index (χ4n) is 3.46. The van der Waals surface area contributed by atoms with Crippen LogP contribution >= 0.6 is 31.9 Å². The summed E-state index contributed by atoms with van der Waals surface area (Å²) in [6.45, 7) is 0. The second kappa shape index (κ2) is 0.911. The summed E-state index contributed by atoms with van der Waals surface area (Å²) in [5.74, 6) is 6.86. The zero-order valence-electron chi connectivity index (χ0n) is 4.72. The maximum absolute atomic E-state index is 3.73. The lowest BCUT2D eigenvalue weighted by molar-refractivity contribution is 0.528. The van der Waals surface area contributed by atoms with Gasteiger partial charge in [-0.15, -0.1) is 0 Å². The molecule has 0 saturated heterocycles. The maximum Gasteiger partial charge on any atom is 0.0874 e. The van der Waals surface area contributed by atoms with E-state index in [2.05, 4.69) is 31.9 Å². The molecule has 0 aromatic carbocycles. The lowest BCUT2D eigenvalue weighted by atomic mass is 10.1.